The molecule has 6 heteroatoms. The Morgan fingerprint density at radius 3 is 2.86 bits per heavy atom. The van der Waals surface area contributed by atoms with Gasteiger partial charge in [0, 0.05) is 37.5 Å². The lowest BCUT2D eigenvalue weighted by Crippen LogP contribution is -2.43. The number of amides is 1. The van der Waals surface area contributed by atoms with E-state index in [-0.39, 0.29) is 5.91 Å². The molecule has 0 aliphatic carbocycles. The minimum atomic E-state index is 0.250. The van der Waals surface area contributed by atoms with E-state index in [0.717, 1.165) is 35.4 Å². The Kier molecular flexibility index (Phi) is 5.57. The summed E-state index contributed by atoms with van der Waals surface area (Å²) in [6.45, 7) is 3.71. The summed E-state index contributed by atoms with van der Waals surface area (Å²) >= 11 is 1.68. The van der Waals surface area contributed by atoms with Gasteiger partial charge in [-0.05, 0) is 37.8 Å². The van der Waals surface area contributed by atoms with Crippen LogP contribution in [0.1, 0.15) is 32.6 Å². The predicted octanol–water partition coefficient (Wildman–Crippen LogP) is 4.59. The van der Waals surface area contributed by atoms with Crippen LogP contribution in [0.3, 0.4) is 0 Å². The average Bonchev–Trinajstić information content (AvgIpc) is 3.17. The number of aromatic nitrogens is 2. The molecule has 3 aromatic rings. The highest BCUT2D eigenvalue weighted by Gasteiger charge is 2.23. The van der Waals surface area contributed by atoms with Crippen LogP contribution in [0, 0.1) is 0 Å². The smallest absolute Gasteiger partial charge is 0.224 e. The predicted molar refractivity (Wildman–Crippen MR) is 116 cm³/mol. The third-order valence-corrected chi connectivity index (χ3v) is 6.60. The Hall–Kier alpha value is -2.47. The van der Waals surface area contributed by atoms with Crippen LogP contribution in [-0.4, -0.2) is 47.0 Å². The van der Waals surface area contributed by atoms with Gasteiger partial charge in [0.25, 0.3) is 0 Å². The maximum Gasteiger partial charge on any atom is 0.224 e. The Balaban J connectivity index is 1.50. The second-order valence-corrected chi connectivity index (χ2v) is 8.53. The SMILES string of the molecule is CC1CCCCN1C(=O)CCN(C)c1ncnc2sc(-c3ccccc3)cc12. The number of thiophene rings is 1. The monoisotopic (exact) mass is 394 g/mol. The normalized spacial score (nSPS) is 17.1. The van der Waals surface area contributed by atoms with Gasteiger partial charge in [-0.2, -0.15) is 0 Å². The molecule has 0 saturated carbocycles. The molecule has 1 atom stereocenters. The van der Waals surface area contributed by atoms with Gasteiger partial charge < -0.3 is 9.80 Å². The van der Waals surface area contributed by atoms with Crippen LogP contribution < -0.4 is 4.90 Å². The molecule has 1 aliphatic rings. The van der Waals surface area contributed by atoms with E-state index < -0.39 is 0 Å². The Bertz CT molecular complexity index is 956. The Morgan fingerprint density at radius 2 is 2.07 bits per heavy atom. The zero-order valence-corrected chi connectivity index (χ0v) is 17.3. The fraction of sp³-hybridized carbons (Fsp3) is 0.409. The van der Waals surface area contributed by atoms with Crippen LogP contribution in [0.15, 0.2) is 42.7 Å². The van der Waals surface area contributed by atoms with Crippen LogP contribution in [0.2, 0.25) is 0 Å². The summed E-state index contributed by atoms with van der Waals surface area (Å²) in [6, 6.07) is 12.9. The highest BCUT2D eigenvalue weighted by Crippen LogP contribution is 2.35. The number of anilines is 1. The molecule has 1 unspecified atom stereocenters. The van der Waals surface area contributed by atoms with Gasteiger partial charge in [0.05, 0.1) is 5.39 Å². The van der Waals surface area contributed by atoms with E-state index in [9.17, 15) is 4.79 Å². The maximum atomic E-state index is 12.7. The molecule has 0 N–H and O–H groups in total. The Labute approximate surface area is 170 Å². The van der Waals surface area contributed by atoms with Gasteiger partial charge in [0.1, 0.15) is 17.0 Å². The number of likely N-dealkylation sites (tertiary alicyclic amines) is 1. The molecule has 0 bridgehead atoms. The molecular weight excluding hydrogens is 368 g/mol. The quantitative estimate of drug-likeness (QED) is 0.635. The van der Waals surface area contributed by atoms with Crippen molar-refractivity contribution < 1.29 is 4.79 Å². The molecule has 2 aromatic heterocycles. The summed E-state index contributed by atoms with van der Waals surface area (Å²) in [5.41, 5.74) is 1.19. The van der Waals surface area contributed by atoms with Crippen LogP contribution >= 0.6 is 11.3 Å². The third kappa shape index (κ3) is 3.87. The van der Waals surface area contributed by atoms with Crippen LogP contribution in [0.5, 0.6) is 0 Å². The molecule has 1 saturated heterocycles. The van der Waals surface area contributed by atoms with Crippen molar-refractivity contribution in [1.29, 1.82) is 0 Å². The molecule has 5 nitrogen and oxygen atoms in total. The van der Waals surface area contributed by atoms with E-state index in [2.05, 4.69) is 40.0 Å². The van der Waals surface area contributed by atoms with E-state index in [1.54, 1.807) is 17.7 Å². The van der Waals surface area contributed by atoms with Crippen molar-refractivity contribution in [2.75, 3.05) is 25.0 Å². The fourth-order valence-electron chi connectivity index (χ4n) is 3.87. The number of carbonyl (C=O) groups excluding carboxylic acids is 1. The molecule has 3 heterocycles. The number of hydrogen-bond acceptors (Lipinski definition) is 5. The van der Waals surface area contributed by atoms with Gasteiger partial charge in [-0.25, -0.2) is 9.97 Å². The van der Waals surface area contributed by atoms with Crippen LogP contribution in [-0.2, 0) is 4.79 Å². The summed E-state index contributed by atoms with van der Waals surface area (Å²) in [7, 11) is 2.01. The minimum absolute atomic E-state index is 0.250. The zero-order valence-electron chi connectivity index (χ0n) is 16.5. The Morgan fingerprint density at radius 1 is 1.25 bits per heavy atom. The van der Waals surface area contributed by atoms with Crippen molar-refractivity contribution in [3.63, 3.8) is 0 Å². The summed E-state index contributed by atoms with van der Waals surface area (Å²) in [5.74, 6) is 1.14. The second kappa shape index (κ2) is 8.27. The van der Waals surface area contributed by atoms with Crippen molar-refractivity contribution in [1.82, 2.24) is 14.9 Å². The lowest BCUT2D eigenvalue weighted by molar-refractivity contribution is -0.134. The molecule has 1 amide bonds. The molecule has 1 aromatic carbocycles. The molecule has 28 heavy (non-hydrogen) atoms. The molecule has 1 fully saturated rings. The molecule has 0 spiro atoms. The highest BCUT2D eigenvalue weighted by atomic mass is 32.1. The molecule has 4 rings (SSSR count). The number of nitrogens with zero attached hydrogens (tertiary/aromatic N) is 4. The van der Waals surface area contributed by atoms with Gasteiger partial charge >= 0.3 is 0 Å². The van der Waals surface area contributed by atoms with Crippen molar-refractivity contribution in [3.8, 4) is 10.4 Å². The van der Waals surface area contributed by atoms with Crippen molar-refractivity contribution in [3.05, 3.63) is 42.7 Å². The second-order valence-electron chi connectivity index (χ2n) is 7.50. The number of carbonyl (C=O) groups is 1. The average molecular weight is 395 g/mol. The number of fused-ring (bicyclic) bond motifs is 1. The molecule has 0 radical (unpaired) electrons. The standard InChI is InChI=1S/C22H26N4OS/c1-16-8-6-7-12-26(16)20(27)11-13-25(2)21-18-14-19(17-9-4-3-5-10-17)28-22(18)24-15-23-21/h3-5,9-10,14-16H,6-8,11-13H2,1-2H3. The number of rotatable bonds is 5. The first kappa shape index (κ1) is 18.9. The summed E-state index contributed by atoms with van der Waals surface area (Å²) in [4.78, 5) is 27.9. The first-order valence-corrected chi connectivity index (χ1v) is 10.8. The number of benzene rings is 1. The highest BCUT2D eigenvalue weighted by molar-refractivity contribution is 7.21. The molecular formula is C22H26N4OS. The van der Waals surface area contributed by atoms with Crippen molar-refractivity contribution >= 4 is 33.3 Å². The van der Waals surface area contributed by atoms with Crippen molar-refractivity contribution in [2.45, 2.75) is 38.6 Å². The first-order chi connectivity index (χ1) is 13.6. The first-order valence-electron chi connectivity index (χ1n) is 9.94. The largest absolute Gasteiger partial charge is 0.359 e. The van der Waals surface area contributed by atoms with Crippen molar-refractivity contribution in [2.24, 2.45) is 0 Å². The van der Waals surface area contributed by atoms with Gasteiger partial charge in [-0.1, -0.05) is 30.3 Å². The van der Waals surface area contributed by atoms with Gasteiger partial charge in [-0.15, -0.1) is 11.3 Å². The van der Waals surface area contributed by atoms with E-state index in [1.165, 1.54) is 16.9 Å². The van der Waals surface area contributed by atoms with Gasteiger partial charge in [0.15, 0.2) is 0 Å². The van der Waals surface area contributed by atoms with Crippen LogP contribution in [0.4, 0.5) is 5.82 Å². The maximum absolute atomic E-state index is 12.7. The zero-order chi connectivity index (χ0) is 19.5. The minimum Gasteiger partial charge on any atom is -0.359 e. The van der Waals surface area contributed by atoms with Gasteiger partial charge in [0.2, 0.25) is 5.91 Å². The number of piperidine rings is 1. The van der Waals surface area contributed by atoms with E-state index in [1.807, 2.05) is 30.1 Å². The molecule has 146 valence electrons. The summed E-state index contributed by atoms with van der Waals surface area (Å²) in [5, 5.41) is 1.05. The van der Waals surface area contributed by atoms with E-state index >= 15 is 0 Å². The van der Waals surface area contributed by atoms with E-state index in [4.69, 9.17) is 0 Å². The van der Waals surface area contributed by atoms with E-state index in [0.29, 0.717) is 19.0 Å². The lowest BCUT2D eigenvalue weighted by atomic mass is 10.0. The molecule has 1 aliphatic heterocycles. The summed E-state index contributed by atoms with van der Waals surface area (Å²) < 4.78 is 0. The topological polar surface area (TPSA) is 49.3 Å². The van der Waals surface area contributed by atoms with Gasteiger partial charge in [-0.3, -0.25) is 4.79 Å². The number of hydrogen-bond donors (Lipinski definition) is 0. The van der Waals surface area contributed by atoms with Crippen LogP contribution in [0.25, 0.3) is 20.7 Å². The lowest BCUT2D eigenvalue weighted by Gasteiger charge is -2.34. The summed E-state index contributed by atoms with van der Waals surface area (Å²) in [6.07, 6.45) is 5.60. The fourth-order valence-corrected chi connectivity index (χ4v) is 4.87. The third-order valence-electron chi connectivity index (χ3n) is 5.51.